The second-order valence-corrected chi connectivity index (χ2v) is 22.4. The van der Waals surface area contributed by atoms with Crippen molar-refractivity contribution in [3.8, 4) is 11.8 Å². The van der Waals surface area contributed by atoms with Gasteiger partial charge in [-0.05, 0) is 119 Å². The third kappa shape index (κ3) is 15.0. The number of alkyl carbamates (subject to hydrolysis) is 2. The molecule has 0 aliphatic heterocycles. The maximum Gasteiger partial charge on any atom is 0.407 e. The Labute approximate surface area is 461 Å². The number of halogens is 1. The second-order valence-electron chi connectivity index (χ2n) is 22.4. The molecule has 0 aromatic rings. The average Bonchev–Trinajstić information content (AvgIpc) is 3.49. The smallest absolute Gasteiger partial charge is 0.407 e. The monoisotopic (exact) mass is 1110 g/mol. The lowest BCUT2D eigenvalue weighted by atomic mass is 9.44. The molecule has 0 aromatic carbocycles. The Morgan fingerprint density at radius 2 is 1.63 bits per heavy atom. The van der Waals surface area contributed by atoms with Gasteiger partial charge in [-0.15, -0.1) is 5.92 Å². The number of carbonyl (C=O) groups excluding carboxylic acids is 8. The van der Waals surface area contributed by atoms with Crippen LogP contribution in [0, 0.1) is 46.3 Å². The predicted molar refractivity (Wildman–Crippen MR) is 285 cm³/mol. The highest BCUT2D eigenvalue weighted by Gasteiger charge is 2.75. The van der Waals surface area contributed by atoms with Gasteiger partial charge in [0.1, 0.15) is 31.0 Å². The van der Waals surface area contributed by atoms with Crippen LogP contribution in [0.5, 0.6) is 0 Å². The zero-order valence-corrected chi connectivity index (χ0v) is 46.1. The first kappa shape index (κ1) is 62.0. The van der Waals surface area contributed by atoms with Gasteiger partial charge < -0.3 is 66.9 Å². The number of Topliss-reactive ketones (excluding diaryl/α,β-unsaturated/α-hetero) is 1. The summed E-state index contributed by atoms with van der Waals surface area (Å²) in [7, 11) is 0. The van der Waals surface area contributed by atoms with Crippen LogP contribution >= 0.6 is 0 Å². The van der Waals surface area contributed by atoms with Crippen LogP contribution in [0.1, 0.15) is 118 Å². The Morgan fingerprint density at radius 3 is 2.34 bits per heavy atom. The molecule has 0 bridgehead atoms. The topological polar surface area (TPSA) is 324 Å². The summed E-state index contributed by atoms with van der Waals surface area (Å²) in [5, 5.41) is 40.1. The molecule has 11 atom stereocenters. The number of carbonyl (C=O) groups is 8. The van der Waals surface area contributed by atoms with Gasteiger partial charge in [-0.3, -0.25) is 19.2 Å². The van der Waals surface area contributed by atoms with E-state index in [0.717, 1.165) is 37.7 Å². The first-order valence-electron chi connectivity index (χ1n) is 27.7. The van der Waals surface area contributed by atoms with Crippen molar-refractivity contribution in [1.82, 2.24) is 37.4 Å². The molecule has 0 spiro atoms. The number of hydrogen-bond donors (Lipinski definition) is 10. The lowest BCUT2D eigenvalue weighted by Gasteiger charge is -2.62. The number of rotatable bonds is 25. The normalized spacial score (nSPS) is 29.6. The van der Waals surface area contributed by atoms with Crippen LogP contribution in [-0.2, 0) is 43.0 Å². The summed E-state index contributed by atoms with van der Waals surface area (Å²) in [6.45, 7) is 8.10. The molecule has 11 N–H and O–H groups in total. The molecule has 3 fully saturated rings. The zero-order valence-electron chi connectivity index (χ0n) is 46.1. The summed E-state index contributed by atoms with van der Waals surface area (Å²) in [6, 6.07) is -2.43. The molecule has 3 saturated carbocycles. The number of ketones is 2. The minimum Gasteiger partial charge on any atom is -0.445 e. The highest BCUT2D eigenvalue weighted by Crippen LogP contribution is 2.70. The summed E-state index contributed by atoms with van der Waals surface area (Å²) in [5.41, 5.74) is 3.09. The minimum atomic E-state index is -2.13. The average molecular weight is 1110 g/mol. The van der Waals surface area contributed by atoms with Crippen molar-refractivity contribution in [3.05, 3.63) is 47.2 Å². The first-order valence-corrected chi connectivity index (χ1v) is 27.7. The molecule has 6 rings (SSSR count). The number of alkyl halides is 1. The van der Waals surface area contributed by atoms with Crippen LogP contribution in [0.3, 0.4) is 0 Å². The van der Waals surface area contributed by atoms with Gasteiger partial charge in [-0.1, -0.05) is 57.8 Å². The first-order chi connectivity index (χ1) is 37.5. The van der Waals surface area contributed by atoms with Crippen LogP contribution in [-0.4, -0.2) is 146 Å². The van der Waals surface area contributed by atoms with Crippen molar-refractivity contribution in [1.29, 1.82) is 0 Å². The molecular formula is C56H81FN8O14. The largest absolute Gasteiger partial charge is 0.445 e. The molecule has 23 heteroatoms. The molecule has 6 aliphatic rings. The van der Waals surface area contributed by atoms with Crippen LogP contribution in [0.4, 0.5) is 18.8 Å². The summed E-state index contributed by atoms with van der Waals surface area (Å²) < 4.78 is 33.7. The third-order valence-corrected chi connectivity index (χ3v) is 16.8. The molecule has 6 amide bonds. The molecule has 0 heterocycles. The van der Waals surface area contributed by atoms with Crippen LogP contribution in [0.15, 0.2) is 47.2 Å². The summed E-state index contributed by atoms with van der Waals surface area (Å²) in [5.74, 6) is 1.55. The minimum absolute atomic E-state index is 0.0624. The Kier molecular flexibility index (Phi) is 21.8. The summed E-state index contributed by atoms with van der Waals surface area (Å²) in [4.78, 5) is 107. The molecule has 11 unspecified atom stereocenters. The van der Waals surface area contributed by atoms with Gasteiger partial charge in [-0.2, -0.15) is 5.48 Å². The number of hydroxylamine groups is 1. The number of urea groups is 1. The second kappa shape index (κ2) is 27.8. The number of ether oxygens (including phenoxy) is 3. The van der Waals surface area contributed by atoms with Crippen LogP contribution in [0.25, 0.3) is 0 Å². The molecule has 22 nitrogen and oxygen atoms in total. The van der Waals surface area contributed by atoms with E-state index >= 15 is 4.39 Å². The van der Waals surface area contributed by atoms with Crippen molar-refractivity contribution in [2.75, 3.05) is 52.5 Å². The van der Waals surface area contributed by atoms with Crippen molar-refractivity contribution in [3.63, 3.8) is 0 Å². The molecule has 0 aromatic heterocycles. The van der Waals surface area contributed by atoms with E-state index in [0.29, 0.717) is 49.8 Å². The Morgan fingerprint density at radius 1 is 0.886 bits per heavy atom. The van der Waals surface area contributed by atoms with Crippen LogP contribution < -0.4 is 43.1 Å². The maximum atomic E-state index is 17.5. The number of allylic oxidation sites excluding steroid dienone is 7. The maximum absolute atomic E-state index is 17.5. The van der Waals surface area contributed by atoms with Gasteiger partial charge in [0.2, 0.25) is 17.6 Å². The van der Waals surface area contributed by atoms with Gasteiger partial charge in [0.25, 0.3) is 0 Å². The fourth-order valence-electron chi connectivity index (χ4n) is 12.5. The molecule has 79 heavy (non-hydrogen) atoms. The number of amides is 6. The lowest BCUT2D eigenvalue weighted by Crippen LogP contribution is -2.69. The lowest BCUT2D eigenvalue weighted by molar-refractivity contribution is -0.219. The van der Waals surface area contributed by atoms with E-state index in [1.807, 2.05) is 13.8 Å². The van der Waals surface area contributed by atoms with E-state index in [1.165, 1.54) is 12.2 Å². The van der Waals surface area contributed by atoms with E-state index in [-0.39, 0.29) is 76.6 Å². The Hall–Kier alpha value is -6.19. The highest BCUT2D eigenvalue weighted by molar-refractivity contribution is 6.01. The molecule has 0 radical (unpaired) electrons. The number of hydrogen-bond acceptors (Lipinski definition) is 16. The standard InChI is InChI=1S/C56H81FN8O14/c1-34(2)47(59-26-27-63-79-46(69)33-76-40-12-9-7-6-8-10-13-40)49(71)65-43(14-11-23-60-50(58)72)48(70)64-38-18-15-36(16-19-38)31-77-51(73)61-24-25-62-52(74)78-32-45(68)56(75)35(3)28-42-41-20-17-37-29-39(66)21-22-53(37,4)55(41,57)44(67)30-54(42,56)5/h15,18,21-22,29,34-35,40-44,47,59,63,67,75H,6-9,11-12,14,16-17,19-20,23-28,30-33H2,1-5H3,(H,61,73)(H,62,74)(H,64,70)(H,65,71)(H3,58,60,72). The predicted octanol–water partition coefficient (Wildman–Crippen LogP) is 3.02. The molecule has 6 aliphatic carbocycles. The van der Waals surface area contributed by atoms with Crippen molar-refractivity contribution in [2.45, 2.75) is 154 Å². The number of aliphatic hydroxyl groups is 2. The van der Waals surface area contributed by atoms with E-state index in [9.17, 15) is 48.6 Å². The van der Waals surface area contributed by atoms with Crippen molar-refractivity contribution < 1.29 is 72.0 Å². The van der Waals surface area contributed by atoms with Crippen LogP contribution in [0.2, 0.25) is 0 Å². The fraction of sp³-hybridized carbons (Fsp3) is 0.679. The molecular weight excluding hydrogens is 1030 g/mol. The fourth-order valence-corrected chi connectivity index (χ4v) is 12.5. The number of fused-ring (bicyclic) bond motifs is 5. The summed E-state index contributed by atoms with van der Waals surface area (Å²) >= 11 is 0. The highest BCUT2D eigenvalue weighted by atomic mass is 19.1. The van der Waals surface area contributed by atoms with Gasteiger partial charge in [0, 0.05) is 61.6 Å². The number of primary amides is 1. The van der Waals surface area contributed by atoms with Gasteiger partial charge in [-0.25, -0.2) is 23.6 Å². The quantitative estimate of drug-likeness (QED) is 0.0272. The molecule has 0 saturated heterocycles. The van der Waals surface area contributed by atoms with Crippen molar-refractivity contribution >= 4 is 47.6 Å². The third-order valence-electron chi connectivity index (χ3n) is 16.8. The van der Waals surface area contributed by atoms with Gasteiger partial charge in [0.05, 0.1) is 12.1 Å². The Bertz CT molecular complexity index is 2470. The Balaban J connectivity index is 0.894. The number of nitrogens with one attached hydrogen (secondary N) is 7. The molecule has 436 valence electrons. The zero-order chi connectivity index (χ0) is 57.5. The number of aliphatic hydroxyl groups excluding tert-OH is 1. The van der Waals surface area contributed by atoms with Crippen molar-refractivity contribution in [2.24, 2.45) is 40.2 Å². The van der Waals surface area contributed by atoms with E-state index < -0.39 is 106 Å². The summed E-state index contributed by atoms with van der Waals surface area (Å²) in [6.07, 6.45) is 10.9. The van der Waals surface area contributed by atoms with Gasteiger partial charge >= 0.3 is 24.2 Å². The SMILES string of the molecule is CC(C)C(NCCNOC(=O)COC1C#CCCCCC1)C(=O)NC(CCCNC(N)=O)C(=O)NC1=CC=C(COC(=O)NCCNC(=O)OCC(=O)C2(O)C(C)CC3C4CCC5=CC(=O)C=CC5(C)C4(F)C(O)CC32C)CC1. The van der Waals surface area contributed by atoms with E-state index in [2.05, 4.69) is 49.2 Å². The van der Waals surface area contributed by atoms with E-state index in [4.69, 9.17) is 24.8 Å². The van der Waals surface area contributed by atoms with Gasteiger partial charge in [0.15, 0.2) is 18.1 Å². The van der Waals surface area contributed by atoms with E-state index in [1.54, 1.807) is 39.0 Å². The number of nitrogens with two attached hydrogens (primary N) is 1.